The van der Waals surface area contributed by atoms with Gasteiger partial charge in [-0.1, -0.05) is 0 Å². The van der Waals surface area contributed by atoms with Crippen molar-refractivity contribution < 1.29 is 9.53 Å². The molecule has 0 spiro atoms. The first kappa shape index (κ1) is 8.97. The first-order chi connectivity index (χ1) is 6.13. The monoisotopic (exact) mass is 184 g/mol. The van der Waals surface area contributed by atoms with Gasteiger partial charge < -0.3 is 15.8 Å². The molecule has 0 radical (unpaired) electrons. The molecule has 13 heavy (non-hydrogen) atoms. The summed E-state index contributed by atoms with van der Waals surface area (Å²) < 4.78 is 5.21. The molecule has 4 nitrogen and oxygen atoms in total. The van der Waals surface area contributed by atoms with Gasteiger partial charge in [-0.2, -0.15) is 0 Å². The number of nitrogens with one attached hydrogen (secondary N) is 1. The summed E-state index contributed by atoms with van der Waals surface area (Å²) in [6.45, 7) is 2.82. The second-order valence-electron chi connectivity index (χ2n) is 4.29. The first-order valence-electron chi connectivity index (χ1n) is 4.77. The van der Waals surface area contributed by atoms with Crippen LogP contribution in [0.3, 0.4) is 0 Å². The lowest BCUT2D eigenvalue weighted by molar-refractivity contribution is -0.130. The normalized spacial score (nSPS) is 39.1. The molecule has 1 aliphatic carbocycles. The second kappa shape index (κ2) is 2.96. The molecular formula is C9H16N2O2. The van der Waals surface area contributed by atoms with E-state index in [1.807, 2.05) is 6.92 Å². The van der Waals surface area contributed by atoms with Gasteiger partial charge in [0, 0.05) is 12.1 Å². The molecule has 1 saturated carbocycles. The maximum absolute atomic E-state index is 11.8. The van der Waals surface area contributed by atoms with Gasteiger partial charge in [0.1, 0.15) is 0 Å². The Labute approximate surface area is 77.8 Å². The molecular weight excluding hydrogens is 168 g/mol. The number of ether oxygens (including phenoxy) is 1. The van der Waals surface area contributed by atoms with Gasteiger partial charge in [0.2, 0.25) is 5.91 Å². The fourth-order valence-electron chi connectivity index (χ4n) is 1.50. The second-order valence-corrected chi connectivity index (χ2v) is 4.29. The Morgan fingerprint density at radius 2 is 2.31 bits per heavy atom. The molecule has 2 unspecified atom stereocenters. The molecule has 2 atom stereocenters. The Kier molecular flexibility index (Phi) is 2.04. The molecule has 1 saturated heterocycles. The van der Waals surface area contributed by atoms with Gasteiger partial charge in [0.15, 0.2) is 0 Å². The average molecular weight is 184 g/mol. The van der Waals surface area contributed by atoms with Crippen molar-refractivity contribution in [2.45, 2.75) is 31.8 Å². The van der Waals surface area contributed by atoms with Crippen molar-refractivity contribution >= 4 is 5.91 Å². The van der Waals surface area contributed by atoms with E-state index in [2.05, 4.69) is 5.32 Å². The Morgan fingerprint density at radius 1 is 1.62 bits per heavy atom. The van der Waals surface area contributed by atoms with Crippen LogP contribution in [0.1, 0.15) is 19.8 Å². The van der Waals surface area contributed by atoms with Gasteiger partial charge in [-0.3, -0.25) is 4.79 Å². The summed E-state index contributed by atoms with van der Waals surface area (Å²) in [5.74, 6) is 0.0556. The minimum Gasteiger partial charge on any atom is -0.379 e. The van der Waals surface area contributed by atoms with E-state index in [-0.39, 0.29) is 11.9 Å². The van der Waals surface area contributed by atoms with Crippen molar-refractivity contribution in [3.05, 3.63) is 0 Å². The number of rotatable bonds is 2. The third-order valence-electron chi connectivity index (χ3n) is 2.95. The number of amides is 1. The van der Waals surface area contributed by atoms with Crippen molar-refractivity contribution in [1.29, 1.82) is 0 Å². The van der Waals surface area contributed by atoms with Crippen LogP contribution in [0.4, 0.5) is 0 Å². The van der Waals surface area contributed by atoms with Crippen molar-refractivity contribution in [2.75, 3.05) is 13.2 Å². The summed E-state index contributed by atoms with van der Waals surface area (Å²) in [7, 11) is 0. The quantitative estimate of drug-likeness (QED) is 0.615. The van der Waals surface area contributed by atoms with Crippen LogP contribution < -0.4 is 11.1 Å². The predicted octanol–water partition coefficient (Wildman–Crippen LogP) is -0.371. The topological polar surface area (TPSA) is 64.3 Å². The minimum atomic E-state index is -0.511. The van der Waals surface area contributed by atoms with E-state index in [4.69, 9.17) is 10.5 Å². The van der Waals surface area contributed by atoms with Crippen LogP contribution in [-0.4, -0.2) is 31.2 Å². The van der Waals surface area contributed by atoms with Gasteiger partial charge in [0.05, 0.1) is 18.6 Å². The molecule has 1 aliphatic heterocycles. The zero-order valence-corrected chi connectivity index (χ0v) is 7.88. The molecule has 3 N–H and O–H groups in total. The number of carbonyl (C=O) groups is 1. The predicted molar refractivity (Wildman–Crippen MR) is 48.1 cm³/mol. The number of hydrogen-bond donors (Lipinski definition) is 2. The average Bonchev–Trinajstić information content (AvgIpc) is 2.81. The third-order valence-corrected chi connectivity index (χ3v) is 2.95. The van der Waals surface area contributed by atoms with Crippen LogP contribution in [0, 0.1) is 5.41 Å². The largest absolute Gasteiger partial charge is 0.379 e. The fraction of sp³-hybridized carbons (Fsp3) is 0.889. The highest BCUT2D eigenvalue weighted by molar-refractivity contribution is 5.84. The summed E-state index contributed by atoms with van der Waals surface area (Å²) in [4.78, 5) is 11.8. The standard InChI is InChI=1S/C9H16N2O2/c1-9(5-13-4-7(9)10)8(12)11-6-2-3-6/h6-7H,2-5,10H2,1H3,(H,11,12). The molecule has 2 rings (SSSR count). The van der Waals surface area contributed by atoms with Gasteiger partial charge in [-0.25, -0.2) is 0 Å². The van der Waals surface area contributed by atoms with Crippen molar-refractivity contribution in [2.24, 2.45) is 11.1 Å². The van der Waals surface area contributed by atoms with Crippen LogP contribution in [0.25, 0.3) is 0 Å². The van der Waals surface area contributed by atoms with Crippen LogP contribution in [0.5, 0.6) is 0 Å². The molecule has 0 aromatic heterocycles. The summed E-state index contributed by atoms with van der Waals surface area (Å²) in [6.07, 6.45) is 2.22. The zero-order chi connectivity index (χ0) is 9.47. The Bertz CT molecular complexity index is 228. The lowest BCUT2D eigenvalue weighted by atomic mass is 9.85. The lowest BCUT2D eigenvalue weighted by Gasteiger charge is -2.25. The third kappa shape index (κ3) is 1.56. The van der Waals surface area contributed by atoms with Crippen LogP contribution >= 0.6 is 0 Å². The molecule has 2 fully saturated rings. The van der Waals surface area contributed by atoms with E-state index in [0.717, 1.165) is 12.8 Å². The van der Waals surface area contributed by atoms with E-state index in [9.17, 15) is 4.79 Å². The maximum atomic E-state index is 11.8. The number of carbonyl (C=O) groups excluding carboxylic acids is 1. The van der Waals surface area contributed by atoms with E-state index in [1.165, 1.54) is 0 Å². The van der Waals surface area contributed by atoms with Crippen LogP contribution in [-0.2, 0) is 9.53 Å². The smallest absolute Gasteiger partial charge is 0.230 e. The van der Waals surface area contributed by atoms with E-state index >= 15 is 0 Å². The van der Waals surface area contributed by atoms with Gasteiger partial charge in [-0.05, 0) is 19.8 Å². The summed E-state index contributed by atoms with van der Waals surface area (Å²) in [6, 6.07) is 0.239. The Hall–Kier alpha value is -0.610. The number of hydrogen-bond acceptors (Lipinski definition) is 3. The molecule has 74 valence electrons. The van der Waals surface area contributed by atoms with Gasteiger partial charge in [0.25, 0.3) is 0 Å². The van der Waals surface area contributed by atoms with E-state index in [1.54, 1.807) is 0 Å². The van der Waals surface area contributed by atoms with Crippen molar-refractivity contribution in [3.8, 4) is 0 Å². The molecule has 0 bridgehead atoms. The lowest BCUT2D eigenvalue weighted by Crippen LogP contribution is -2.50. The Morgan fingerprint density at radius 3 is 2.77 bits per heavy atom. The summed E-state index contributed by atoms with van der Waals surface area (Å²) in [5.41, 5.74) is 5.31. The van der Waals surface area contributed by atoms with Crippen molar-refractivity contribution in [1.82, 2.24) is 5.32 Å². The SMILES string of the molecule is CC1(C(=O)NC2CC2)COCC1N. The zero-order valence-electron chi connectivity index (χ0n) is 7.88. The molecule has 0 aromatic carbocycles. The minimum absolute atomic E-state index is 0.0556. The number of nitrogens with two attached hydrogens (primary N) is 1. The molecule has 0 aromatic rings. The van der Waals surface area contributed by atoms with E-state index < -0.39 is 5.41 Å². The van der Waals surface area contributed by atoms with Crippen molar-refractivity contribution in [3.63, 3.8) is 0 Å². The van der Waals surface area contributed by atoms with Crippen LogP contribution in [0.2, 0.25) is 0 Å². The first-order valence-corrected chi connectivity index (χ1v) is 4.77. The summed E-state index contributed by atoms with van der Waals surface area (Å²) in [5, 5.41) is 2.97. The summed E-state index contributed by atoms with van der Waals surface area (Å²) >= 11 is 0. The van der Waals surface area contributed by atoms with Gasteiger partial charge in [-0.15, -0.1) is 0 Å². The van der Waals surface area contributed by atoms with Crippen LogP contribution in [0.15, 0.2) is 0 Å². The molecule has 1 heterocycles. The highest BCUT2D eigenvalue weighted by Gasteiger charge is 2.45. The highest BCUT2D eigenvalue weighted by Crippen LogP contribution is 2.29. The van der Waals surface area contributed by atoms with E-state index in [0.29, 0.717) is 19.3 Å². The molecule has 2 aliphatic rings. The van der Waals surface area contributed by atoms with Gasteiger partial charge >= 0.3 is 0 Å². The maximum Gasteiger partial charge on any atom is 0.230 e. The molecule has 4 heteroatoms. The molecule has 1 amide bonds. The Balaban J connectivity index is 1.99. The highest BCUT2D eigenvalue weighted by atomic mass is 16.5. The fourth-order valence-corrected chi connectivity index (χ4v) is 1.50.